The van der Waals surface area contributed by atoms with Crippen LogP contribution in [-0.2, 0) is 6.54 Å². The van der Waals surface area contributed by atoms with E-state index in [1.54, 1.807) is 23.5 Å². The molecular formula is C15H15BrFNS. The van der Waals surface area contributed by atoms with E-state index in [0.717, 1.165) is 29.4 Å². The average molecular weight is 340 g/mol. The van der Waals surface area contributed by atoms with Gasteiger partial charge >= 0.3 is 0 Å². The number of benzene rings is 1. The van der Waals surface area contributed by atoms with E-state index >= 15 is 0 Å². The Kier molecular flexibility index (Phi) is 4.01. The molecule has 0 amide bonds. The maximum atomic E-state index is 13.1. The van der Waals surface area contributed by atoms with Crippen molar-refractivity contribution in [1.82, 2.24) is 5.32 Å². The minimum Gasteiger partial charge on any atom is -0.309 e. The Morgan fingerprint density at radius 1 is 1.32 bits per heavy atom. The van der Waals surface area contributed by atoms with Crippen LogP contribution in [0.4, 0.5) is 4.39 Å². The molecule has 1 fully saturated rings. The van der Waals surface area contributed by atoms with Crippen molar-refractivity contribution in [1.29, 1.82) is 0 Å². The maximum absolute atomic E-state index is 13.1. The monoisotopic (exact) mass is 339 g/mol. The van der Waals surface area contributed by atoms with E-state index in [2.05, 4.69) is 32.7 Å². The predicted octanol–water partition coefficient (Wildman–Crippen LogP) is 4.69. The minimum atomic E-state index is -0.127. The molecule has 1 aliphatic rings. The Labute approximate surface area is 125 Å². The highest BCUT2D eigenvalue weighted by molar-refractivity contribution is 9.10. The van der Waals surface area contributed by atoms with Gasteiger partial charge in [0.2, 0.25) is 0 Å². The van der Waals surface area contributed by atoms with Crippen LogP contribution >= 0.6 is 27.3 Å². The fraction of sp³-hybridized carbons (Fsp3) is 0.333. The van der Waals surface area contributed by atoms with Crippen LogP contribution in [-0.4, -0.2) is 6.04 Å². The lowest BCUT2D eigenvalue weighted by molar-refractivity contribution is 0.289. The largest absolute Gasteiger partial charge is 0.309 e. The molecule has 0 saturated heterocycles. The van der Waals surface area contributed by atoms with Crippen molar-refractivity contribution in [2.45, 2.75) is 31.3 Å². The summed E-state index contributed by atoms with van der Waals surface area (Å²) in [6.45, 7) is 0.927. The number of thiophene rings is 1. The number of rotatable bonds is 4. The number of nitrogens with one attached hydrogen (secondary N) is 1. The SMILES string of the molecule is Fc1cccc(C2CC(NCc3cc(Br)cs3)C2)c1. The van der Waals surface area contributed by atoms with Crippen LogP contribution in [0.15, 0.2) is 40.2 Å². The second-order valence-electron chi connectivity index (χ2n) is 5.03. The summed E-state index contributed by atoms with van der Waals surface area (Å²) in [5.41, 5.74) is 1.14. The first-order valence-electron chi connectivity index (χ1n) is 6.42. The summed E-state index contributed by atoms with van der Waals surface area (Å²) in [5.74, 6) is 0.389. The third kappa shape index (κ3) is 3.25. The van der Waals surface area contributed by atoms with Crippen molar-refractivity contribution in [3.63, 3.8) is 0 Å². The third-order valence-electron chi connectivity index (χ3n) is 3.64. The van der Waals surface area contributed by atoms with E-state index in [9.17, 15) is 4.39 Å². The Hall–Kier alpha value is -0.710. The quantitative estimate of drug-likeness (QED) is 0.852. The molecule has 1 N–H and O–H groups in total. The second kappa shape index (κ2) is 5.73. The number of hydrogen-bond donors (Lipinski definition) is 1. The highest BCUT2D eigenvalue weighted by Gasteiger charge is 2.29. The van der Waals surface area contributed by atoms with Crippen LogP contribution in [0.1, 0.15) is 29.2 Å². The summed E-state index contributed by atoms with van der Waals surface area (Å²) in [6, 6.07) is 9.72. The van der Waals surface area contributed by atoms with Crippen LogP contribution < -0.4 is 5.32 Å². The molecule has 2 aromatic rings. The Morgan fingerprint density at radius 2 is 2.16 bits per heavy atom. The molecule has 0 bridgehead atoms. The van der Waals surface area contributed by atoms with Gasteiger partial charge in [-0.05, 0) is 58.5 Å². The summed E-state index contributed by atoms with van der Waals surface area (Å²) in [7, 11) is 0. The Morgan fingerprint density at radius 3 is 2.84 bits per heavy atom. The van der Waals surface area contributed by atoms with E-state index < -0.39 is 0 Å². The third-order valence-corrected chi connectivity index (χ3v) is 5.34. The lowest BCUT2D eigenvalue weighted by Gasteiger charge is -2.36. The molecule has 0 spiro atoms. The van der Waals surface area contributed by atoms with Gasteiger partial charge in [-0.3, -0.25) is 0 Å². The minimum absolute atomic E-state index is 0.127. The van der Waals surface area contributed by atoms with Crippen LogP contribution in [0.5, 0.6) is 0 Å². The molecule has 1 saturated carbocycles. The molecule has 0 radical (unpaired) electrons. The lowest BCUT2D eigenvalue weighted by atomic mass is 9.76. The standard InChI is InChI=1S/C15H15BrFNS/c16-12-7-15(19-9-12)8-18-14-5-11(6-14)10-2-1-3-13(17)4-10/h1-4,7,9,11,14,18H,5-6,8H2. The molecule has 1 heterocycles. The topological polar surface area (TPSA) is 12.0 Å². The van der Waals surface area contributed by atoms with E-state index in [0.29, 0.717) is 12.0 Å². The van der Waals surface area contributed by atoms with Gasteiger partial charge in [0.05, 0.1) is 0 Å². The first-order valence-corrected chi connectivity index (χ1v) is 8.10. The Balaban J connectivity index is 1.48. The molecule has 100 valence electrons. The lowest BCUT2D eigenvalue weighted by Crippen LogP contribution is -2.39. The highest BCUT2D eigenvalue weighted by atomic mass is 79.9. The summed E-state index contributed by atoms with van der Waals surface area (Å²) >= 11 is 5.23. The summed E-state index contributed by atoms with van der Waals surface area (Å²) in [4.78, 5) is 1.35. The predicted molar refractivity (Wildman–Crippen MR) is 81.0 cm³/mol. The molecule has 1 nitrogen and oxygen atoms in total. The second-order valence-corrected chi connectivity index (χ2v) is 6.94. The van der Waals surface area contributed by atoms with E-state index in [1.165, 1.54) is 10.9 Å². The highest BCUT2D eigenvalue weighted by Crippen LogP contribution is 2.37. The van der Waals surface area contributed by atoms with Crippen LogP contribution in [0.25, 0.3) is 0 Å². The molecule has 0 aliphatic heterocycles. The smallest absolute Gasteiger partial charge is 0.123 e. The zero-order valence-electron chi connectivity index (χ0n) is 10.4. The fourth-order valence-electron chi connectivity index (χ4n) is 2.51. The number of halogens is 2. The van der Waals surface area contributed by atoms with Crippen LogP contribution in [0.2, 0.25) is 0 Å². The summed E-state index contributed by atoms with van der Waals surface area (Å²) in [6.07, 6.45) is 2.21. The molecule has 1 aromatic carbocycles. The summed E-state index contributed by atoms with van der Waals surface area (Å²) < 4.78 is 14.3. The normalized spacial score (nSPS) is 22.2. The van der Waals surface area contributed by atoms with Gasteiger partial charge in [-0.15, -0.1) is 11.3 Å². The van der Waals surface area contributed by atoms with E-state index in [1.807, 2.05) is 6.07 Å². The first-order chi connectivity index (χ1) is 9.20. The molecule has 19 heavy (non-hydrogen) atoms. The van der Waals surface area contributed by atoms with Gasteiger partial charge in [-0.1, -0.05) is 12.1 Å². The van der Waals surface area contributed by atoms with Gasteiger partial charge in [0, 0.05) is 27.3 Å². The molecule has 3 rings (SSSR count). The van der Waals surface area contributed by atoms with E-state index in [4.69, 9.17) is 0 Å². The number of hydrogen-bond acceptors (Lipinski definition) is 2. The molecule has 0 atom stereocenters. The van der Waals surface area contributed by atoms with Crippen molar-refractivity contribution in [2.24, 2.45) is 0 Å². The zero-order chi connectivity index (χ0) is 13.2. The van der Waals surface area contributed by atoms with E-state index in [-0.39, 0.29) is 5.82 Å². The van der Waals surface area contributed by atoms with Gasteiger partial charge in [-0.25, -0.2) is 4.39 Å². The van der Waals surface area contributed by atoms with Crippen molar-refractivity contribution in [2.75, 3.05) is 0 Å². The maximum Gasteiger partial charge on any atom is 0.123 e. The van der Waals surface area contributed by atoms with Crippen LogP contribution in [0, 0.1) is 5.82 Å². The van der Waals surface area contributed by atoms with Gasteiger partial charge in [0.1, 0.15) is 5.82 Å². The molecule has 4 heteroatoms. The average Bonchev–Trinajstić information content (AvgIpc) is 2.73. The van der Waals surface area contributed by atoms with Crippen molar-refractivity contribution < 1.29 is 4.39 Å². The Bertz CT molecular complexity index is 563. The first kappa shape index (κ1) is 13.3. The molecule has 0 unspecified atom stereocenters. The van der Waals surface area contributed by atoms with Gasteiger partial charge in [-0.2, -0.15) is 0 Å². The molecule has 1 aromatic heterocycles. The van der Waals surface area contributed by atoms with Crippen molar-refractivity contribution in [3.05, 3.63) is 56.4 Å². The van der Waals surface area contributed by atoms with Crippen molar-refractivity contribution in [3.8, 4) is 0 Å². The molecule has 1 aliphatic carbocycles. The molecular weight excluding hydrogens is 325 g/mol. The van der Waals surface area contributed by atoms with Crippen LogP contribution in [0.3, 0.4) is 0 Å². The zero-order valence-corrected chi connectivity index (χ0v) is 12.8. The van der Waals surface area contributed by atoms with Crippen molar-refractivity contribution >= 4 is 27.3 Å². The van der Waals surface area contributed by atoms with Gasteiger partial charge in [0.25, 0.3) is 0 Å². The summed E-state index contributed by atoms with van der Waals surface area (Å²) in [5, 5.41) is 5.66. The fourth-order valence-corrected chi connectivity index (χ4v) is 3.91. The van der Waals surface area contributed by atoms with Gasteiger partial charge in [0.15, 0.2) is 0 Å². The van der Waals surface area contributed by atoms with Gasteiger partial charge < -0.3 is 5.32 Å².